The number of fused-ring (bicyclic) bond motifs is 1. The van der Waals surface area contributed by atoms with Crippen LogP contribution in [0.25, 0.3) is 22.2 Å². The van der Waals surface area contributed by atoms with Crippen molar-refractivity contribution in [3.8, 4) is 11.1 Å². The van der Waals surface area contributed by atoms with Crippen molar-refractivity contribution in [1.29, 1.82) is 0 Å². The number of oxazole rings is 1. The number of rotatable bonds is 8. The van der Waals surface area contributed by atoms with Crippen molar-refractivity contribution in [2.24, 2.45) is 0 Å². The smallest absolute Gasteiger partial charge is 0.408 e. The molecule has 4 aromatic rings. The van der Waals surface area contributed by atoms with Gasteiger partial charge >= 0.3 is 5.76 Å². The minimum atomic E-state index is -0.605. The first-order valence-electron chi connectivity index (χ1n) is 13.1. The quantitative estimate of drug-likeness (QED) is 0.351. The van der Waals surface area contributed by atoms with E-state index < -0.39 is 5.76 Å². The van der Waals surface area contributed by atoms with Crippen molar-refractivity contribution in [3.63, 3.8) is 0 Å². The second-order valence-electron chi connectivity index (χ2n) is 9.78. The summed E-state index contributed by atoms with van der Waals surface area (Å²) in [6.45, 7) is 3.27. The number of ether oxygens (including phenoxy) is 1. The van der Waals surface area contributed by atoms with Crippen molar-refractivity contribution in [1.82, 2.24) is 19.7 Å². The van der Waals surface area contributed by atoms with Crippen LogP contribution in [-0.2, 0) is 16.1 Å². The highest BCUT2D eigenvalue weighted by Gasteiger charge is 2.26. The normalized spacial score (nSPS) is 14.7. The summed E-state index contributed by atoms with van der Waals surface area (Å²) in [5, 5.41) is 3.11. The fraction of sp³-hybridized carbons (Fsp3) is 0.300. The summed E-state index contributed by atoms with van der Waals surface area (Å²) >= 11 is 6.14. The second-order valence-corrected chi connectivity index (χ2v) is 10.2. The van der Waals surface area contributed by atoms with Gasteiger partial charge in [0.2, 0.25) is 5.91 Å². The van der Waals surface area contributed by atoms with E-state index in [2.05, 4.69) is 10.2 Å². The van der Waals surface area contributed by atoms with Gasteiger partial charge in [-0.3, -0.25) is 19.1 Å². The largest absolute Gasteiger partial charge is 0.420 e. The molecular weight excluding hydrogens is 532 g/mol. The lowest BCUT2D eigenvalue weighted by Crippen LogP contribution is -2.44. The Hall–Kier alpha value is -3.92. The number of nitrogens with one attached hydrogen (secondary N) is 1. The van der Waals surface area contributed by atoms with Gasteiger partial charge in [0.25, 0.3) is 5.91 Å². The molecular formula is C30H31ClN4O5. The van der Waals surface area contributed by atoms with Crippen LogP contribution in [0.2, 0.25) is 5.02 Å². The number of hydrogen-bond donors (Lipinski definition) is 1. The first-order chi connectivity index (χ1) is 19.3. The van der Waals surface area contributed by atoms with Crippen LogP contribution < -0.4 is 11.1 Å². The van der Waals surface area contributed by atoms with Crippen molar-refractivity contribution < 1.29 is 18.7 Å². The third-order valence-electron chi connectivity index (χ3n) is 7.30. The van der Waals surface area contributed by atoms with Gasteiger partial charge in [-0.1, -0.05) is 48.0 Å². The number of nitrogens with zero attached hydrogens (tertiary/aromatic N) is 3. The summed E-state index contributed by atoms with van der Waals surface area (Å²) in [4.78, 5) is 42.2. The number of aromatic nitrogens is 1. The number of carbonyl (C=O) groups excluding carboxylic acids is 2. The van der Waals surface area contributed by atoms with E-state index in [1.54, 1.807) is 43.3 Å². The van der Waals surface area contributed by atoms with E-state index in [0.29, 0.717) is 41.4 Å². The first kappa shape index (κ1) is 27.6. The van der Waals surface area contributed by atoms with Gasteiger partial charge in [-0.2, -0.15) is 0 Å². The van der Waals surface area contributed by atoms with Gasteiger partial charge in [0.15, 0.2) is 5.58 Å². The lowest BCUT2D eigenvalue weighted by molar-refractivity contribution is -0.133. The number of halogens is 1. The zero-order valence-corrected chi connectivity index (χ0v) is 23.2. The number of morpholine rings is 1. The molecule has 10 heteroatoms. The van der Waals surface area contributed by atoms with Crippen LogP contribution in [0, 0.1) is 0 Å². The lowest BCUT2D eigenvalue weighted by atomic mass is 9.98. The standard InChI is InChI=1S/C30H31ClN4O5/c1-32-29(37)23-5-3-4-22(16-23)20-6-8-21(9-7-20)26(18-34-12-14-39-15-13-34)33(2)28(36)19-35-25-17-24(31)10-11-27(25)40-30(35)38/h3-11,16-17,26H,12-15,18-19H2,1-2H3,(H,32,37). The summed E-state index contributed by atoms with van der Waals surface area (Å²) in [5.74, 6) is -0.978. The number of hydrogen-bond acceptors (Lipinski definition) is 6. The highest BCUT2D eigenvalue weighted by Crippen LogP contribution is 2.27. The van der Waals surface area contributed by atoms with E-state index in [-0.39, 0.29) is 24.4 Å². The third kappa shape index (κ3) is 5.96. The van der Waals surface area contributed by atoms with Crippen LogP contribution in [0.4, 0.5) is 0 Å². The molecule has 1 fully saturated rings. The Morgan fingerprint density at radius 2 is 1.77 bits per heavy atom. The summed E-state index contributed by atoms with van der Waals surface area (Å²) in [5.41, 5.74) is 4.29. The van der Waals surface area contributed by atoms with Crippen LogP contribution in [0.5, 0.6) is 0 Å². The van der Waals surface area contributed by atoms with E-state index >= 15 is 0 Å². The Balaban J connectivity index is 1.42. The SMILES string of the molecule is CNC(=O)c1cccc(-c2ccc(C(CN3CCOCC3)N(C)C(=O)Cn3c(=O)oc4ccc(Cl)cc43)cc2)c1. The van der Waals surface area contributed by atoms with Gasteiger partial charge in [-0.05, 0) is 47.0 Å². The molecule has 0 radical (unpaired) electrons. The number of benzene rings is 3. The molecule has 1 aromatic heterocycles. The lowest BCUT2D eigenvalue weighted by Gasteiger charge is -2.35. The molecule has 0 aliphatic carbocycles. The average molecular weight is 563 g/mol. The summed E-state index contributed by atoms with van der Waals surface area (Å²) in [7, 11) is 3.37. The first-order valence-corrected chi connectivity index (χ1v) is 13.5. The van der Waals surface area contributed by atoms with Crippen LogP contribution in [0.3, 0.4) is 0 Å². The molecule has 2 amide bonds. The maximum Gasteiger partial charge on any atom is 0.420 e. The zero-order valence-electron chi connectivity index (χ0n) is 22.4. The molecule has 9 nitrogen and oxygen atoms in total. The maximum absolute atomic E-state index is 13.6. The van der Waals surface area contributed by atoms with Crippen LogP contribution >= 0.6 is 11.6 Å². The molecule has 1 unspecified atom stereocenters. The predicted octanol–water partition coefficient (Wildman–Crippen LogP) is 3.81. The zero-order chi connectivity index (χ0) is 28.2. The van der Waals surface area contributed by atoms with Gasteiger partial charge < -0.3 is 19.4 Å². The number of amides is 2. The highest BCUT2D eigenvalue weighted by atomic mass is 35.5. The topological polar surface area (TPSA) is 97.0 Å². The van der Waals surface area contributed by atoms with E-state index in [1.165, 1.54) is 4.57 Å². The minimum absolute atomic E-state index is 0.143. The van der Waals surface area contributed by atoms with E-state index in [1.807, 2.05) is 42.5 Å². The van der Waals surface area contributed by atoms with E-state index in [4.69, 9.17) is 20.8 Å². The third-order valence-corrected chi connectivity index (χ3v) is 7.53. The predicted molar refractivity (Wildman–Crippen MR) is 154 cm³/mol. The van der Waals surface area contributed by atoms with Gasteiger partial charge in [0, 0.05) is 44.3 Å². The van der Waals surface area contributed by atoms with Crippen molar-refractivity contribution in [3.05, 3.63) is 93.4 Å². The Kier molecular flexibility index (Phi) is 8.35. The van der Waals surface area contributed by atoms with Crippen LogP contribution in [-0.4, -0.2) is 73.1 Å². The Labute approximate surface area is 236 Å². The van der Waals surface area contributed by atoms with Gasteiger partial charge in [-0.15, -0.1) is 0 Å². The molecule has 0 saturated carbocycles. The Morgan fingerprint density at radius 1 is 1.02 bits per heavy atom. The van der Waals surface area contributed by atoms with Crippen molar-refractivity contribution >= 4 is 34.5 Å². The minimum Gasteiger partial charge on any atom is -0.408 e. The number of carbonyl (C=O) groups is 2. The fourth-order valence-corrected chi connectivity index (χ4v) is 5.13. The number of likely N-dealkylation sites (N-methyl/N-ethyl adjacent to an activating group) is 1. The molecule has 0 spiro atoms. The van der Waals surface area contributed by atoms with Crippen molar-refractivity contribution in [2.45, 2.75) is 12.6 Å². The second kappa shape index (κ2) is 12.1. The monoisotopic (exact) mass is 562 g/mol. The van der Waals surface area contributed by atoms with Crippen LogP contribution in [0.1, 0.15) is 22.0 Å². The molecule has 1 N–H and O–H groups in total. The van der Waals surface area contributed by atoms with Gasteiger partial charge in [-0.25, -0.2) is 4.79 Å². The Bertz CT molecular complexity index is 1570. The molecule has 40 heavy (non-hydrogen) atoms. The average Bonchev–Trinajstić information content (AvgIpc) is 3.29. The molecule has 3 aromatic carbocycles. The van der Waals surface area contributed by atoms with Crippen LogP contribution in [0.15, 0.2) is 75.9 Å². The van der Waals surface area contributed by atoms with E-state index in [0.717, 1.165) is 29.8 Å². The molecule has 2 heterocycles. The molecule has 1 saturated heterocycles. The van der Waals surface area contributed by atoms with E-state index in [9.17, 15) is 14.4 Å². The summed E-state index contributed by atoms with van der Waals surface area (Å²) in [6.07, 6.45) is 0. The molecule has 1 aliphatic heterocycles. The highest BCUT2D eigenvalue weighted by molar-refractivity contribution is 6.31. The summed E-state index contributed by atoms with van der Waals surface area (Å²) in [6, 6.07) is 20.1. The van der Waals surface area contributed by atoms with Crippen molar-refractivity contribution in [2.75, 3.05) is 46.9 Å². The van der Waals surface area contributed by atoms with Gasteiger partial charge in [0.1, 0.15) is 6.54 Å². The molecule has 1 aliphatic rings. The summed E-state index contributed by atoms with van der Waals surface area (Å²) < 4.78 is 12.1. The molecule has 0 bridgehead atoms. The molecule has 5 rings (SSSR count). The molecule has 1 atom stereocenters. The Morgan fingerprint density at radius 3 is 2.50 bits per heavy atom. The maximum atomic E-state index is 13.6. The van der Waals surface area contributed by atoms with Gasteiger partial charge in [0.05, 0.1) is 24.8 Å². The fourth-order valence-electron chi connectivity index (χ4n) is 4.97. The molecule has 208 valence electrons.